The summed E-state index contributed by atoms with van der Waals surface area (Å²) < 4.78 is 94.5. The molecule has 4 aromatic heterocycles. The monoisotopic (exact) mass is 1320 g/mol. The summed E-state index contributed by atoms with van der Waals surface area (Å²) in [6, 6.07) is 16.5. The van der Waals surface area contributed by atoms with Crippen LogP contribution >= 0.6 is 0 Å². The number of rotatable bonds is 36. The van der Waals surface area contributed by atoms with Crippen molar-refractivity contribution in [2.75, 3.05) is 39.6 Å². The number of phenols is 6. The van der Waals surface area contributed by atoms with Crippen molar-refractivity contribution in [3.8, 4) is 69.0 Å². The SMILES string of the molecule is [2H]c1nc2cc(OCCCCCC)c(OCCCCCC)cc2nc([2H])c2ccc(c([2H])nc3cc(OCCCCCC)c(OCCCCCC)cc3nc([2H])c3ccc(c([2H])nc4cc(OCCCCCC)c(OCCCCCC)cc4nc([2H])c4ccc1c(O)c4O)c(O)c3O)c(O)c2O. The maximum absolute atomic E-state index is 11.8. The van der Waals surface area contributed by atoms with Crippen LogP contribution in [0, 0.1) is 0 Å². The third kappa shape index (κ3) is 22.8. The molecular weight excluding hydrogens is 1210 g/mol. The summed E-state index contributed by atoms with van der Waals surface area (Å²) in [6.07, 6.45) is 17.9. The Labute approximate surface area is 574 Å². The Morgan fingerprint density at radius 3 is 0.521 bits per heavy atom. The van der Waals surface area contributed by atoms with Crippen molar-refractivity contribution in [2.24, 2.45) is 0 Å². The highest BCUT2D eigenvalue weighted by atomic mass is 16.5. The Balaban J connectivity index is 1.65. The summed E-state index contributed by atoms with van der Waals surface area (Å²) in [5.74, 6) is -3.61. The lowest BCUT2D eigenvalue weighted by molar-refractivity contribution is 0.259. The van der Waals surface area contributed by atoms with E-state index < -0.39 is 71.5 Å². The van der Waals surface area contributed by atoms with E-state index in [2.05, 4.69) is 71.4 Å². The highest BCUT2D eigenvalue weighted by Gasteiger charge is 2.15. The van der Waals surface area contributed by atoms with Gasteiger partial charge in [0.1, 0.15) is 0 Å². The quantitative estimate of drug-likeness (QED) is 0.0158. The van der Waals surface area contributed by atoms with Gasteiger partial charge in [0.05, 0.1) is 81.0 Å². The average Bonchev–Trinajstić information content (AvgIpc) is 0.796. The molecule has 516 valence electrons. The van der Waals surface area contributed by atoms with Crippen LogP contribution in [0.3, 0.4) is 0 Å². The van der Waals surface area contributed by atoms with Gasteiger partial charge in [0.15, 0.2) is 69.0 Å². The first-order chi connectivity index (χ1) is 49.4. The van der Waals surface area contributed by atoms with Crippen molar-refractivity contribution in [2.45, 2.75) is 196 Å². The first-order valence-corrected chi connectivity index (χ1v) is 34.7. The lowest BCUT2D eigenvalue weighted by atomic mass is 10.2. The number of aromatic hydroxyl groups is 6. The van der Waals surface area contributed by atoms with Gasteiger partial charge in [-0.1, -0.05) is 157 Å². The van der Waals surface area contributed by atoms with Gasteiger partial charge < -0.3 is 59.1 Å². The number of aromatic nitrogens is 6. The fraction of sp³-hybridized carbons (Fsp3) is 0.462. The second kappa shape index (κ2) is 41.0. The van der Waals surface area contributed by atoms with Crippen molar-refractivity contribution < 1.29 is 67.3 Å². The van der Waals surface area contributed by atoms with E-state index in [1.54, 1.807) is 0 Å². The molecule has 6 bridgehead atoms. The number of hydrogen-bond donors (Lipinski definition) is 6. The van der Waals surface area contributed by atoms with E-state index in [0.717, 1.165) is 116 Å². The molecule has 0 aliphatic heterocycles. The Morgan fingerprint density at radius 2 is 0.385 bits per heavy atom. The van der Waals surface area contributed by atoms with Crippen LogP contribution in [0.2, 0.25) is 0 Å². The minimum atomic E-state index is -0.847. The molecule has 10 rings (SSSR count). The Morgan fingerprint density at radius 1 is 0.240 bits per heavy atom. The van der Waals surface area contributed by atoms with E-state index >= 15 is 0 Å². The van der Waals surface area contributed by atoms with Crippen LogP contribution in [-0.2, 0) is 0 Å². The summed E-state index contributed by atoms with van der Waals surface area (Å²) in [5, 5.41) is 69.2. The number of hydrogen-bond acceptors (Lipinski definition) is 18. The van der Waals surface area contributed by atoms with Gasteiger partial charge in [-0.05, 0) is 74.9 Å². The van der Waals surface area contributed by atoms with Gasteiger partial charge in [-0.25, -0.2) is 0 Å². The molecule has 0 unspecified atom stereocenters. The standard InChI is InChI=1S/C78H102N6O12/c1-7-13-19-25-37-91-67-43-61-62(44-68(67)92-38-26-20-14-8-2)80-50-56-33-34-58(76(88)74(56)86)52-82-65-47-71(95-41-29-23-17-11-5)72(96-42-30-24-18-12-6)48-66(65)84-54-60-36-35-59(77(89)78(60)90)53-83-64-46-70(94-40-28-22-16-10-4)69(93-39-27-21-15-9-3)45-63(64)81-51-57-32-31-55(49-79-61)73(85)75(57)87/h31-36,43-54,85-90H,7-30,37-42H2,1-6H3/i49D,50D,51D,52D,53D,54D. The van der Waals surface area contributed by atoms with E-state index in [1.165, 1.54) is 72.8 Å². The van der Waals surface area contributed by atoms with Gasteiger partial charge in [0.25, 0.3) is 0 Å². The molecule has 0 saturated heterocycles. The van der Waals surface area contributed by atoms with Gasteiger partial charge in [-0.15, -0.1) is 0 Å². The van der Waals surface area contributed by atoms with Crippen LogP contribution in [0.5, 0.6) is 69.0 Å². The van der Waals surface area contributed by atoms with E-state index in [1.807, 2.05) is 0 Å². The highest BCUT2D eigenvalue weighted by molar-refractivity contribution is 5.86. The fourth-order valence-electron chi connectivity index (χ4n) is 10.1. The molecule has 4 heterocycles. The largest absolute Gasteiger partial charge is 0.504 e. The molecule has 96 heavy (non-hydrogen) atoms. The van der Waals surface area contributed by atoms with Crippen molar-refractivity contribution in [3.63, 3.8) is 0 Å². The topological polar surface area (TPSA) is 254 Å². The molecule has 18 heteroatoms. The molecule has 0 atom stereocenters. The molecule has 10 aromatic rings. The maximum atomic E-state index is 11.8. The summed E-state index contributed by atoms with van der Waals surface area (Å²) in [6.45, 7) is 14.4. The summed E-state index contributed by atoms with van der Waals surface area (Å²) in [4.78, 5) is 27.6. The predicted molar refractivity (Wildman–Crippen MR) is 385 cm³/mol. The van der Waals surface area contributed by atoms with Crippen molar-refractivity contribution in [1.29, 1.82) is 0 Å². The zero-order valence-corrected chi connectivity index (χ0v) is 57.0. The first kappa shape index (κ1) is 65.6. The summed E-state index contributed by atoms with van der Waals surface area (Å²) in [5.41, 5.74) is -0.404. The maximum Gasteiger partial charge on any atom is 0.167 e. The zero-order chi connectivity index (χ0) is 73.5. The molecule has 18 nitrogen and oxygen atoms in total. The predicted octanol–water partition coefficient (Wildman–Crippen LogP) is 20.0. The van der Waals surface area contributed by atoms with Gasteiger partial charge in [-0.2, -0.15) is 0 Å². The first-order valence-electron chi connectivity index (χ1n) is 37.7. The van der Waals surface area contributed by atoms with E-state index in [-0.39, 0.29) is 99.9 Å². The van der Waals surface area contributed by atoms with Gasteiger partial charge >= 0.3 is 0 Å². The molecule has 0 spiro atoms. The smallest absolute Gasteiger partial charge is 0.167 e. The molecule has 0 saturated carbocycles. The summed E-state index contributed by atoms with van der Waals surface area (Å²) in [7, 11) is 0. The third-order valence-electron chi connectivity index (χ3n) is 15.9. The third-order valence-corrected chi connectivity index (χ3v) is 15.9. The van der Waals surface area contributed by atoms with Crippen LogP contribution in [0.15, 0.2) is 110 Å². The molecule has 6 N–H and O–H groups in total. The summed E-state index contributed by atoms with van der Waals surface area (Å²) >= 11 is 0. The molecule has 0 amide bonds. The lowest BCUT2D eigenvalue weighted by Crippen LogP contribution is -2.03. The number of unbranched alkanes of at least 4 members (excludes halogenated alkanes) is 18. The fourth-order valence-corrected chi connectivity index (χ4v) is 10.1. The Hall–Kier alpha value is -9.06. The van der Waals surface area contributed by atoms with Crippen LogP contribution < -0.4 is 28.4 Å². The van der Waals surface area contributed by atoms with Crippen LogP contribution in [-0.4, -0.2) is 100 Å². The Bertz CT molecular complexity index is 3630. The molecule has 0 fully saturated rings. The number of fused-ring (bicyclic) bond motifs is 3. The minimum Gasteiger partial charge on any atom is -0.504 e. The van der Waals surface area contributed by atoms with Crippen molar-refractivity contribution in [1.82, 2.24) is 29.9 Å². The van der Waals surface area contributed by atoms with Crippen LogP contribution in [0.25, 0.3) is 65.4 Å². The molecule has 0 aliphatic carbocycles. The van der Waals surface area contributed by atoms with Gasteiger partial charge in [0, 0.05) is 106 Å². The molecule has 6 aromatic carbocycles. The van der Waals surface area contributed by atoms with E-state index in [0.29, 0.717) is 78.2 Å². The Kier molecular flexibility index (Phi) is 28.0. The molecule has 0 radical (unpaired) electrons. The number of benzene rings is 6. The second-order valence-electron chi connectivity index (χ2n) is 23.7. The lowest BCUT2D eigenvalue weighted by Gasteiger charge is -2.13. The number of ether oxygens (including phenoxy) is 6. The highest BCUT2D eigenvalue weighted by Crippen LogP contribution is 2.39. The zero-order valence-electron chi connectivity index (χ0n) is 63.0. The normalized spacial score (nSPS) is 11.9. The van der Waals surface area contributed by atoms with Crippen molar-refractivity contribution in [3.05, 3.63) is 110 Å². The average molecular weight is 1320 g/mol. The van der Waals surface area contributed by atoms with E-state index in [4.69, 9.17) is 28.4 Å². The van der Waals surface area contributed by atoms with Crippen LogP contribution in [0.1, 0.15) is 204 Å². The van der Waals surface area contributed by atoms with E-state index in [9.17, 15) is 38.9 Å². The second-order valence-corrected chi connectivity index (χ2v) is 23.7. The molecular formula is C78H102N6O12. The number of phenolic OH excluding ortho intramolecular Hbond substituents is 6. The number of nitrogens with zero attached hydrogens (tertiary/aromatic N) is 6. The molecule has 0 aliphatic rings. The van der Waals surface area contributed by atoms with Crippen molar-refractivity contribution >= 4 is 65.4 Å². The van der Waals surface area contributed by atoms with Gasteiger partial charge in [0.2, 0.25) is 0 Å². The van der Waals surface area contributed by atoms with Gasteiger partial charge in [-0.3, -0.25) is 29.9 Å². The van der Waals surface area contributed by atoms with Crippen LogP contribution in [0.4, 0.5) is 0 Å². The minimum absolute atomic E-state index is 0.0673.